The summed E-state index contributed by atoms with van der Waals surface area (Å²) in [6.45, 7) is 1.68. The van der Waals surface area contributed by atoms with Crippen molar-refractivity contribution in [2.24, 2.45) is 13.0 Å². The van der Waals surface area contributed by atoms with Crippen molar-refractivity contribution >= 4 is 5.82 Å². The zero-order valence-electron chi connectivity index (χ0n) is 14.9. The molecular weight excluding hydrogens is 326 g/mol. The summed E-state index contributed by atoms with van der Waals surface area (Å²) in [6.07, 6.45) is 8.63. The largest absolute Gasteiger partial charge is 0.385 e. The first-order valence-electron chi connectivity index (χ1n) is 9.00. The van der Waals surface area contributed by atoms with Gasteiger partial charge in [0.05, 0.1) is 18.1 Å². The first kappa shape index (κ1) is 16.7. The molecule has 0 aliphatic carbocycles. The Balaban J connectivity index is 1.54. The van der Waals surface area contributed by atoms with Crippen LogP contribution < -0.4 is 4.90 Å². The number of nitrogens with zero attached hydrogens (tertiary/aromatic N) is 5. The Kier molecular flexibility index (Phi) is 4.67. The van der Waals surface area contributed by atoms with Gasteiger partial charge >= 0.3 is 0 Å². The van der Waals surface area contributed by atoms with Gasteiger partial charge in [-0.1, -0.05) is 30.3 Å². The topological polar surface area (TPSA) is 67.1 Å². The van der Waals surface area contributed by atoms with E-state index in [0.29, 0.717) is 0 Å². The number of aryl methyl sites for hydroxylation is 1. The Morgan fingerprint density at radius 3 is 2.81 bits per heavy atom. The molecule has 3 heterocycles. The van der Waals surface area contributed by atoms with Gasteiger partial charge in [0.25, 0.3) is 0 Å². The van der Waals surface area contributed by atoms with Crippen LogP contribution in [0.5, 0.6) is 0 Å². The standard InChI is InChI=1S/C20H23N5O/c1-24-11-9-22-20(24)19(26)16-8-5-10-25(14-16)18-13-21-12-17(23-18)15-6-3-2-4-7-15/h2-4,6-7,9,11-13,16,19,26H,5,8,10,14H2,1H3/t16-,19+/m1/s1. The van der Waals surface area contributed by atoms with Gasteiger partial charge in [0.15, 0.2) is 0 Å². The molecule has 6 heteroatoms. The highest BCUT2D eigenvalue weighted by Crippen LogP contribution is 2.31. The van der Waals surface area contributed by atoms with Crippen LogP contribution in [-0.4, -0.2) is 37.7 Å². The molecule has 0 amide bonds. The lowest BCUT2D eigenvalue weighted by atomic mass is 9.92. The summed E-state index contributed by atoms with van der Waals surface area (Å²) < 4.78 is 1.89. The first-order chi connectivity index (χ1) is 12.7. The minimum Gasteiger partial charge on any atom is -0.385 e. The molecule has 0 radical (unpaired) electrons. The van der Waals surface area contributed by atoms with Crippen molar-refractivity contribution in [3.05, 3.63) is 60.9 Å². The fourth-order valence-corrected chi connectivity index (χ4v) is 3.60. The minimum absolute atomic E-state index is 0.132. The van der Waals surface area contributed by atoms with E-state index in [1.165, 1.54) is 0 Å². The Bertz CT molecular complexity index is 863. The number of hydrogen-bond acceptors (Lipinski definition) is 5. The molecule has 26 heavy (non-hydrogen) atoms. The van der Waals surface area contributed by atoms with Crippen molar-refractivity contribution in [3.63, 3.8) is 0 Å². The number of piperidine rings is 1. The number of anilines is 1. The molecule has 1 aliphatic rings. The van der Waals surface area contributed by atoms with Crippen molar-refractivity contribution in [1.82, 2.24) is 19.5 Å². The van der Waals surface area contributed by atoms with Crippen LogP contribution in [0.25, 0.3) is 11.3 Å². The molecule has 2 atom stereocenters. The highest BCUT2D eigenvalue weighted by atomic mass is 16.3. The summed E-state index contributed by atoms with van der Waals surface area (Å²) in [5.41, 5.74) is 1.93. The van der Waals surface area contributed by atoms with E-state index in [4.69, 9.17) is 4.98 Å². The summed E-state index contributed by atoms with van der Waals surface area (Å²) in [7, 11) is 1.92. The van der Waals surface area contributed by atoms with Crippen LogP contribution >= 0.6 is 0 Å². The minimum atomic E-state index is -0.567. The average molecular weight is 349 g/mol. The maximum absolute atomic E-state index is 10.8. The molecule has 3 aromatic rings. The molecule has 1 N–H and O–H groups in total. The number of aliphatic hydroxyl groups is 1. The van der Waals surface area contributed by atoms with Gasteiger partial charge in [0.2, 0.25) is 0 Å². The highest BCUT2D eigenvalue weighted by Gasteiger charge is 2.29. The second kappa shape index (κ2) is 7.25. The van der Waals surface area contributed by atoms with E-state index < -0.39 is 6.10 Å². The molecule has 1 fully saturated rings. The number of rotatable bonds is 4. The molecule has 1 saturated heterocycles. The smallest absolute Gasteiger partial charge is 0.147 e. The van der Waals surface area contributed by atoms with Crippen LogP contribution in [0.2, 0.25) is 0 Å². The molecular formula is C20H23N5O. The predicted molar refractivity (Wildman–Crippen MR) is 101 cm³/mol. The lowest BCUT2D eigenvalue weighted by Crippen LogP contribution is -2.39. The van der Waals surface area contributed by atoms with Crippen molar-refractivity contribution in [2.45, 2.75) is 18.9 Å². The van der Waals surface area contributed by atoms with Crippen molar-refractivity contribution in [3.8, 4) is 11.3 Å². The van der Waals surface area contributed by atoms with Gasteiger partial charge in [-0.3, -0.25) is 4.98 Å². The number of aliphatic hydroxyl groups excluding tert-OH is 1. The number of hydrogen-bond donors (Lipinski definition) is 1. The number of aromatic nitrogens is 4. The Morgan fingerprint density at radius 2 is 2.04 bits per heavy atom. The van der Waals surface area contributed by atoms with Gasteiger partial charge < -0.3 is 14.6 Å². The van der Waals surface area contributed by atoms with Gasteiger partial charge in [0, 0.05) is 44.0 Å². The molecule has 0 saturated carbocycles. The average Bonchev–Trinajstić information content (AvgIpc) is 3.14. The lowest BCUT2D eigenvalue weighted by molar-refractivity contribution is 0.0873. The maximum Gasteiger partial charge on any atom is 0.147 e. The molecule has 2 aromatic heterocycles. The second-order valence-corrected chi connectivity index (χ2v) is 6.82. The third-order valence-corrected chi connectivity index (χ3v) is 5.04. The SMILES string of the molecule is Cn1ccnc1[C@@H](O)[C@@H]1CCCN(c2cncc(-c3ccccc3)n2)C1. The van der Waals surface area contributed by atoms with Gasteiger partial charge in [-0.15, -0.1) is 0 Å². The maximum atomic E-state index is 10.8. The summed E-state index contributed by atoms with van der Waals surface area (Å²) in [5, 5.41) is 10.8. The van der Waals surface area contributed by atoms with Crippen molar-refractivity contribution in [1.29, 1.82) is 0 Å². The number of benzene rings is 1. The van der Waals surface area contributed by atoms with Crippen molar-refractivity contribution in [2.75, 3.05) is 18.0 Å². The van der Waals surface area contributed by atoms with Gasteiger partial charge in [0.1, 0.15) is 17.7 Å². The van der Waals surface area contributed by atoms with E-state index in [-0.39, 0.29) is 5.92 Å². The molecule has 0 unspecified atom stereocenters. The fourth-order valence-electron chi connectivity index (χ4n) is 3.60. The molecule has 1 aromatic carbocycles. The molecule has 134 valence electrons. The van der Waals surface area contributed by atoms with Crippen LogP contribution in [0.4, 0.5) is 5.82 Å². The Labute approximate surface area is 153 Å². The summed E-state index contributed by atoms with van der Waals surface area (Å²) in [5.74, 6) is 1.72. The van der Waals surface area contributed by atoms with Crippen LogP contribution in [0.3, 0.4) is 0 Å². The molecule has 6 nitrogen and oxygen atoms in total. The fraction of sp³-hybridized carbons (Fsp3) is 0.350. The van der Waals surface area contributed by atoms with Gasteiger partial charge in [-0.2, -0.15) is 0 Å². The van der Waals surface area contributed by atoms with Crippen LogP contribution in [0.15, 0.2) is 55.1 Å². The monoisotopic (exact) mass is 349 g/mol. The second-order valence-electron chi connectivity index (χ2n) is 6.82. The number of imidazole rings is 1. The zero-order chi connectivity index (χ0) is 17.9. The molecule has 0 bridgehead atoms. The van der Waals surface area contributed by atoms with E-state index in [9.17, 15) is 5.11 Å². The van der Waals surface area contributed by atoms with Crippen LogP contribution in [0.1, 0.15) is 24.8 Å². The highest BCUT2D eigenvalue weighted by molar-refractivity contribution is 5.59. The zero-order valence-corrected chi connectivity index (χ0v) is 14.9. The van der Waals surface area contributed by atoms with E-state index in [1.54, 1.807) is 12.4 Å². The van der Waals surface area contributed by atoms with Crippen LogP contribution in [-0.2, 0) is 7.05 Å². The third-order valence-electron chi connectivity index (χ3n) is 5.04. The van der Waals surface area contributed by atoms with Crippen molar-refractivity contribution < 1.29 is 5.11 Å². The Hall–Kier alpha value is -2.73. The normalized spacial score (nSPS) is 18.7. The molecule has 1 aliphatic heterocycles. The van der Waals surface area contributed by atoms with E-state index in [2.05, 4.69) is 14.9 Å². The summed E-state index contributed by atoms with van der Waals surface area (Å²) in [4.78, 5) is 15.7. The van der Waals surface area contributed by atoms with Gasteiger partial charge in [-0.25, -0.2) is 9.97 Å². The third kappa shape index (κ3) is 3.32. The van der Waals surface area contributed by atoms with E-state index in [1.807, 2.05) is 54.3 Å². The summed E-state index contributed by atoms with van der Waals surface area (Å²) >= 11 is 0. The van der Waals surface area contributed by atoms with E-state index >= 15 is 0 Å². The van der Waals surface area contributed by atoms with Gasteiger partial charge in [-0.05, 0) is 12.8 Å². The molecule has 4 rings (SSSR count). The predicted octanol–water partition coefficient (Wildman–Crippen LogP) is 2.83. The van der Waals surface area contributed by atoms with E-state index in [0.717, 1.165) is 48.8 Å². The molecule has 0 spiro atoms. The Morgan fingerprint density at radius 1 is 1.19 bits per heavy atom. The summed E-state index contributed by atoms with van der Waals surface area (Å²) in [6, 6.07) is 10.1. The first-order valence-corrected chi connectivity index (χ1v) is 9.00. The quantitative estimate of drug-likeness (QED) is 0.784. The van der Waals surface area contributed by atoms with Crippen LogP contribution in [0, 0.1) is 5.92 Å². The lowest BCUT2D eigenvalue weighted by Gasteiger charge is -2.35.